The van der Waals surface area contributed by atoms with E-state index >= 15 is 0 Å². The molecule has 8 heteroatoms. The molecule has 0 radical (unpaired) electrons. The highest BCUT2D eigenvalue weighted by atomic mass is 79.9. The fraction of sp³-hybridized carbons (Fsp3) is 0.200. The third kappa shape index (κ3) is 3.43. The van der Waals surface area contributed by atoms with E-state index in [4.69, 9.17) is 5.73 Å². The first-order chi connectivity index (χ1) is 13.4. The molecule has 0 bridgehead atoms. The number of aromatic nitrogens is 4. The molecule has 0 saturated heterocycles. The number of halogens is 1. The molecule has 7 nitrogen and oxygen atoms in total. The molecule has 0 aliphatic carbocycles. The first kappa shape index (κ1) is 18.4. The summed E-state index contributed by atoms with van der Waals surface area (Å²) >= 11 is 3.48. The normalized spacial score (nSPS) is 14.0. The minimum absolute atomic E-state index is 0.355. The maximum absolute atomic E-state index is 6.22. The Labute approximate surface area is 171 Å². The summed E-state index contributed by atoms with van der Waals surface area (Å²) in [4.78, 5) is 9.25. The number of hydrogen-bond acceptors (Lipinski definition) is 5. The van der Waals surface area contributed by atoms with Crippen LogP contribution in [0.1, 0.15) is 17.0 Å². The summed E-state index contributed by atoms with van der Waals surface area (Å²) in [6, 6.07) is 10.1. The molecule has 3 heterocycles. The lowest BCUT2D eigenvalue weighted by Gasteiger charge is -2.04. The lowest BCUT2D eigenvalue weighted by Crippen LogP contribution is -2.11. The van der Waals surface area contributed by atoms with E-state index < -0.39 is 0 Å². The number of amidine groups is 1. The van der Waals surface area contributed by atoms with Crippen LogP contribution in [0, 0.1) is 13.8 Å². The van der Waals surface area contributed by atoms with Crippen molar-refractivity contribution in [3.63, 3.8) is 0 Å². The maximum Gasteiger partial charge on any atom is 0.156 e. The quantitative estimate of drug-likeness (QED) is 0.661. The zero-order valence-corrected chi connectivity index (χ0v) is 17.5. The van der Waals surface area contributed by atoms with Crippen LogP contribution in [-0.2, 0) is 13.5 Å². The van der Waals surface area contributed by atoms with Crippen LogP contribution in [0.15, 0.2) is 50.9 Å². The third-order valence-corrected chi connectivity index (χ3v) is 5.02. The van der Waals surface area contributed by atoms with Crippen molar-refractivity contribution in [2.45, 2.75) is 20.3 Å². The van der Waals surface area contributed by atoms with Gasteiger partial charge in [0.1, 0.15) is 5.84 Å². The fourth-order valence-corrected chi connectivity index (χ4v) is 3.52. The molecule has 2 N–H and O–H groups in total. The van der Waals surface area contributed by atoms with Gasteiger partial charge in [0.25, 0.3) is 0 Å². The van der Waals surface area contributed by atoms with Gasteiger partial charge in [-0.2, -0.15) is 10.2 Å². The molecule has 0 amide bonds. The standard InChI is InChI=1S/C20H20BrN7/c1-12-10-13(2)28(25-12)18-11-17(22)24-20-16(8-9-23-18)19(26-27(20)3)14-4-6-15(21)7-5-14/h4-7,9-11H,8H2,1-3H3,(H2,22,24). The predicted octanol–water partition coefficient (Wildman–Crippen LogP) is 3.78. The Bertz CT molecular complexity index is 1130. The molecule has 0 fully saturated rings. The van der Waals surface area contributed by atoms with Gasteiger partial charge in [-0.1, -0.05) is 28.1 Å². The Morgan fingerprint density at radius 2 is 1.86 bits per heavy atom. The van der Waals surface area contributed by atoms with Gasteiger partial charge in [0, 0.05) is 47.1 Å². The van der Waals surface area contributed by atoms with Gasteiger partial charge in [-0.3, -0.25) is 4.68 Å². The van der Waals surface area contributed by atoms with Crippen LogP contribution in [0.4, 0.5) is 5.82 Å². The van der Waals surface area contributed by atoms with Crippen LogP contribution in [0.5, 0.6) is 0 Å². The highest BCUT2D eigenvalue weighted by Crippen LogP contribution is 2.32. The average molecular weight is 438 g/mol. The van der Waals surface area contributed by atoms with E-state index in [1.54, 1.807) is 15.4 Å². The number of aliphatic imine (C=N–C) groups is 2. The van der Waals surface area contributed by atoms with E-state index in [0.29, 0.717) is 18.1 Å². The Balaban J connectivity index is 1.81. The highest BCUT2D eigenvalue weighted by Gasteiger charge is 2.18. The molecule has 0 saturated carbocycles. The molecule has 4 rings (SSSR count). The smallest absolute Gasteiger partial charge is 0.156 e. The van der Waals surface area contributed by atoms with E-state index in [1.807, 2.05) is 57.4 Å². The van der Waals surface area contributed by atoms with E-state index in [2.05, 4.69) is 36.1 Å². The summed E-state index contributed by atoms with van der Waals surface area (Å²) in [6.07, 6.45) is 4.18. The third-order valence-electron chi connectivity index (χ3n) is 4.49. The van der Waals surface area contributed by atoms with E-state index in [1.165, 1.54) is 0 Å². The monoisotopic (exact) mass is 437 g/mol. The SMILES string of the molecule is Cc1cc(C)n(C2=CC(N)=Nc3c(c(-c4ccc(Br)cc4)nn3C)CC=N2)n1. The molecular weight excluding hydrogens is 418 g/mol. The number of nitrogens with zero attached hydrogens (tertiary/aromatic N) is 6. The first-order valence-electron chi connectivity index (χ1n) is 8.86. The van der Waals surface area contributed by atoms with Crippen molar-refractivity contribution in [2.75, 3.05) is 0 Å². The maximum atomic E-state index is 6.22. The van der Waals surface area contributed by atoms with Crippen molar-refractivity contribution >= 4 is 39.6 Å². The van der Waals surface area contributed by atoms with Gasteiger partial charge in [-0.25, -0.2) is 14.7 Å². The molecule has 142 valence electrons. The van der Waals surface area contributed by atoms with Crippen molar-refractivity contribution in [1.82, 2.24) is 19.6 Å². The lowest BCUT2D eigenvalue weighted by molar-refractivity contribution is 0.773. The second kappa shape index (κ2) is 7.20. The van der Waals surface area contributed by atoms with Crippen LogP contribution in [0.3, 0.4) is 0 Å². The van der Waals surface area contributed by atoms with E-state index in [-0.39, 0.29) is 0 Å². The van der Waals surface area contributed by atoms with Crippen LogP contribution in [0.2, 0.25) is 0 Å². The second-order valence-electron chi connectivity index (χ2n) is 6.68. The summed E-state index contributed by atoms with van der Waals surface area (Å²) in [5.41, 5.74) is 11.0. The Morgan fingerprint density at radius 1 is 1.11 bits per heavy atom. The van der Waals surface area contributed by atoms with Gasteiger partial charge < -0.3 is 5.73 Å². The number of fused-ring (bicyclic) bond motifs is 1. The van der Waals surface area contributed by atoms with Gasteiger partial charge in [-0.05, 0) is 32.0 Å². The lowest BCUT2D eigenvalue weighted by atomic mass is 10.1. The predicted molar refractivity (Wildman–Crippen MR) is 116 cm³/mol. The number of aryl methyl sites for hydroxylation is 3. The minimum Gasteiger partial charge on any atom is -0.384 e. The molecule has 3 aromatic rings. The molecule has 0 spiro atoms. The molecule has 0 atom stereocenters. The molecular formula is C20H20BrN7. The van der Waals surface area contributed by atoms with Gasteiger partial charge in [-0.15, -0.1) is 0 Å². The van der Waals surface area contributed by atoms with Gasteiger partial charge in [0.2, 0.25) is 0 Å². The first-order valence-corrected chi connectivity index (χ1v) is 9.65. The number of rotatable bonds is 2. The minimum atomic E-state index is 0.355. The Morgan fingerprint density at radius 3 is 2.54 bits per heavy atom. The molecule has 1 aromatic carbocycles. The van der Waals surface area contributed by atoms with Crippen molar-refractivity contribution < 1.29 is 0 Å². The van der Waals surface area contributed by atoms with Gasteiger partial charge >= 0.3 is 0 Å². The highest BCUT2D eigenvalue weighted by molar-refractivity contribution is 9.10. The fourth-order valence-electron chi connectivity index (χ4n) is 3.26. The van der Waals surface area contributed by atoms with Crippen LogP contribution >= 0.6 is 15.9 Å². The molecule has 1 aliphatic heterocycles. The largest absolute Gasteiger partial charge is 0.384 e. The molecule has 0 unspecified atom stereocenters. The number of hydrogen-bond donors (Lipinski definition) is 1. The van der Waals surface area contributed by atoms with Crippen LogP contribution in [0.25, 0.3) is 17.1 Å². The second-order valence-corrected chi connectivity index (χ2v) is 7.59. The number of benzene rings is 1. The molecule has 28 heavy (non-hydrogen) atoms. The zero-order valence-electron chi connectivity index (χ0n) is 15.9. The molecule has 1 aliphatic rings. The van der Waals surface area contributed by atoms with E-state index in [0.717, 1.165) is 38.5 Å². The van der Waals surface area contributed by atoms with Crippen molar-refractivity contribution in [2.24, 2.45) is 22.8 Å². The van der Waals surface area contributed by atoms with Crippen LogP contribution < -0.4 is 5.73 Å². The van der Waals surface area contributed by atoms with Crippen molar-refractivity contribution in [1.29, 1.82) is 0 Å². The Hall–Kier alpha value is -3.00. The summed E-state index contributed by atoms with van der Waals surface area (Å²) in [5.74, 6) is 1.72. The zero-order chi connectivity index (χ0) is 19.8. The van der Waals surface area contributed by atoms with E-state index in [9.17, 15) is 0 Å². The summed E-state index contributed by atoms with van der Waals surface area (Å²) in [5, 5.41) is 9.18. The average Bonchev–Trinajstić information content (AvgIpc) is 3.16. The summed E-state index contributed by atoms with van der Waals surface area (Å²) < 4.78 is 4.56. The van der Waals surface area contributed by atoms with Crippen molar-refractivity contribution in [3.8, 4) is 11.3 Å². The van der Waals surface area contributed by atoms with Gasteiger partial charge in [0.05, 0.1) is 11.4 Å². The summed E-state index contributed by atoms with van der Waals surface area (Å²) in [7, 11) is 1.87. The number of nitrogens with two attached hydrogens (primary N) is 1. The van der Waals surface area contributed by atoms with Gasteiger partial charge in [0.15, 0.2) is 11.6 Å². The Kier molecular flexibility index (Phi) is 4.72. The topological polar surface area (TPSA) is 86.4 Å². The van der Waals surface area contributed by atoms with Crippen LogP contribution in [-0.4, -0.2) is 31.6 Å². The van der Waals surface area contributed by atoms with Crippen molar-refractivity contribution in [3.05, 3.63) is 57.8 Å². The molecule has 2 aromatic heterocycles. The summed E-state index contributed by atoms with van der Waals surface area (Å²) in [6.45, 7) is 3.94.